The monoisotopic (exact) mass is 451 g/mol. The summed E-state index contributed by atoms with van der Waals surface area (Å²) in [5.74, 6) is -0.0510. The van der Waals surface area contributed by atoms with Crippen molar-refractivity contribution in [3.05, 3.63) is 65.0 Å². The number of hydrogen-bond donors (Lipinski definition) is 0. The van der Waals surface area contributed by atoms with Crippen molar-refractivity contribution < 1.29 is 28.2 Å². The first-order valence-corrected chi connectivity index (χ1v) is 11.1. The Morgan fingerprint density at radius 1 is 1.00 bits per heavy atom. The van der Waals surface area contributed by atoms with E-state index in [0.717, 1.165) is 16.3 Å². The molecule has 0 saturated carbocycles. The summed E-state index contributed by atoms with van der Waals surface area (Å²) in [6.45, 7) is 6.88. The van der Waals surface area contributed by atoms with Crippen LogP contribution in [0.2, 0.25) is 0 Å². The van der Waals surface area contributed by atoms with E-state index in [9.17, 15) is 14.0 Å². The van der Waals surface area contributed by atoms with E-state index < -0.39 is 11.8 Å². The van der Waals surface area contributed by atoms with Crippen LogP contribution in [0.3, 0.4) is 0 Å². The second-order valence-electron chi connectivity index (χ2n) is 7.60. The number of benzene rings is 3. The second kappa shape index (κ2) is 9.48. The largest absolute Gasteiger partial charge is 0.493 e. The number of rotatable bonds is 8. The van der Waals surface area contributed by atoms with Crippen LogP contribution in [0.4, 0.5) is 10.1 Å². The summed E-state index contributed by atoms with van der Waals surface area (Å²) in [5, 5.41) is 1.57. The zero-order valence-corrected chi connectivity index (χ0v) is 18.9. The molecule has 0 radical (unpaired) electrons. The fourth-order valence-corrected chi connectivity index (χ4v) is 4.18. The molecule has 0 bridgehead atoms. The number of fused-ring (bicyclic) bond motifs is 3. The summed E-state index contributed by atoms with van der Waals surface area (Å²) in [7, 11) is 0. The molecule has 0 aromatic heterocycles. The standard InChI is InChI=1S/C26H26FNO5/c1-4-31-21-9-7-8-17-12-22(32-5-2)19-15-28(26(30)25(19)24(17)21)18-11-10-16(20(27)14-18)13-23(29)33-6-3/h7-12,14H,4-6,13,15H2,1-3H3. The number of hydrogen-bond acceptors (Lipinski definition) is 5. The maximum absolute atomic E-state index is 14.8. The Hall–Kier alpha value is -3.61. The van der Waals surface area contributed by atoms with E-state index in [1.165, 1.54) is 17.0 Å². The van der Waals surface area contributed by atoms with Gasteiger partial charge in [0.2, 0.25) is 0 Å². The lowest BCUT2D eigenvalue weighted by atomic mass is 9.98. The van der Waals surface area contributed by atoms with Crippen molar-refractivity contribution in [3.8, 4) is 11.5 Å². The van der Waals surface area contributed by atoms with E-state index >= 15 is 0 Å². The van der Waals surface area contributed by atoms with Crippen molar-refractivity contribution >= 4 is 28.3 Å². The smallest absolute Gasteiger partial charge is 0.310 e. The van der Waals surface area contributed by atoms with Gasteiger partial charge in [-0.05, 0) is 56.0 Å². The van der Waals surface area contributed by atoms with Crippen LogP contribution in [0.25, 0.3) is 10.8 Å². The molecule has 4 rings (SSSR count). The second-order valence-corrected chi connectivity index (χ2v) is 7.60. The minimum Gasteiger partial charge on any atom is -0.493 e. The fraction of sp³-hybridized carbons (Fsp3) is 0.308. The lowest BCUT2D eigenvalue weighted by Crippen LogP contribution is -2.23. The number of esters is 1. The molecule has 0 saturated heterocycles. The van der Waals surface area contributed by atoms with Crippen molar-refractivity contribution in [1.29, 1.82) is 0 Å². The number of carbonyl (C=O) groups is 2. The summed E-state index contributed by atoms with van der Waals surface area (Å²) in [5.41, 5.74) is 1.89. The molecule has 0 unspecified atom stereocenters. The van der Waals surface area contributed by atoms with Crippen LogP contribution in [0, 0.1) is 5.82 Å². The maximum atomic E-state index is 14.8. The Kier molecular flexibility index (Phi) is 6.49. The maximum Gasteiger partial charge on any atom is 0.310 e. The number of amides is 1. The topological polar surface area (TPSA) is 65.1 Å². The van der Waals surface area contributed by atoms with Gasteiger partial charge in [-0.2, -0.15) is 0 Å². The molecule has 1 aliphatic heterocycles. The molecule has 0 fully saturated rings. The average Bonchev–Trinajstić information content (AvgIpc) is 3.13. The highest BCUT2D eigenvalue weighted by atomic mass is 19.1. The van der Waals surface area contributed by atoms with E-state index in [-0.39, 0.29) is 31.0 Å². The van der Waals surface area contributed by atoms with Crippen LogP contribution in [-0.4, -0.2) is 31.7 Å². The van der Waals surface area contributed by atoms with Gasteiger partial charge in [0.1, 0.15) is 17.3 Å². The summed E-state index contributed by atoms with van der Waals surface area (Å²) in [4.78, 5) is 26.9. The summed E-state index contributed by atoms with van der Waals surface area (Å²) in [6.07, 6.45) is -0.162. The quantitative estimate of drug-likeness (QED) is 0.449. The van der Waals surface area contributed by atoms with Gasteiger partial charge in [-0.25, -0.2) is 4.39 Å². The van der Waals surface area contributed by atoms with E-state index in [2.05, 4.69) is 0 Å². The third-order valence-corrected chi connectivity index (χ3v) is 5.56. The van der Waals surface area contributed by atoms with Crippen LogP contribution in [0.5, 0.6) is 11.5 Å². The first kappa shape index (κ1) is 22.6. The predicted octanol–water partition coefficient (Wildman–Crippen LogP) is 5.04. The van der Waals surface area contributed by atoms with E-state index in [4.69, 9.17) is 14.2 Å². The van der Waals surface area contributed by atoms with E-state index in [1.807, 2.05) is 38.1 Å². The zero-order chi connectivity index (χ0) is 23.5. The average molecular weight is 451 g/mol. The van der Waals surface area contributed by atoms with E-state index in [0.29, 0.717) is 36.0 Å². The Morgan fingerprint density at radius 3 is 2.45 bits per heavy atom. The van der Waals surface area contributed by atoms with Gasteiger partial charge >= 0.3 is 5.97 Å². The number of carbonyl (C=O) groups excluding carboxylic acids is 2. The molecule has 6 nitrogen and oxygen atoms in total. The van der Waals surface area contributed by atoms with Gasteiger partial charge in [0.05, 0.1) is 38.3 Å². The third-order valence-electron chi connectivity index (χ3n) is 5.56. The van der Waals surface area contributed by atoms with Crippen LogP contribution in [0.1, 0.15) is 42.3 Å². The molecule has 3 aromatic carbocycles. The molecule has 7 heteroatoms. The number of halogens is 1. The minimum absolute atomic E-state index is 0.162. The number of anilines is 1. The van der Waals surface area contributed by atoms with Crippen molar-refractivity contribution in [2.75, 3.05) is 24.7 Å². The molecule has 0 aliphatic carbocycles. The summed E-state index contributed by atoms with van der Waals surface area (Å²) >= 11 is 0. The SMILES string of the molecule is CCOC(=O)Cc1ccc(N2Cc3c(OCC)cc4cccc(OCC)c4c3C2=O)cc1F. The molecule has 3 aromatic rings. The highest BCUT2D eigenvalue weighted by Crippen LogP contribution is 2.42. The zero-order valence-electron chi connectivity index (χ0n) is 18.9. The Balaban J connectivity index is 1.76. The van der Waals surface area contributed by atoms with Gasteiger partial charge < -0.3 is 19.1 Å². The molecule has 1 heterocycles. The molecule has 1 aliphatic rings. The Morgan fingerprint density at radius 2 is 1.76 bits per heavy atom. The molecular formula is C26H26FNO5. The van der Waals surface area contributed by atoms with Crippen LogP contribution < -0.4 is 14.4 Å². The van der Waals surface area contributed by atoms with Crippen LogP contribution >= 0.6 is 0 Å². The van der Waals surface area contributed by atoms with Crippen molar-refractivity contribution in [2.24, 2.45) is 0 Å². The lowest BCUT2D eigenvalue weighted by molar-refractivity contribution is -0.142. The minimum atomic E-state index is -0.561. The predicted molar refractivity (Wildman–Crippen MR) is 124 cm³/mol. The van der Waals surface area contributed by atoms with Gasteiger partial charge in [0.15, 0.2) is 0 Å². The van der Waals surface area contributed by atoms with Crippen molar-refractivity contribution in [3.63, 3.8) is 0 Å². The summed E-state index contributed by atoms with van der Waals surface area (Å²) < 4.78 is 31.4. The van der Waals surface area contributed by atoms with Crippen molar-refractivity contribution in [2.45, 2.75) is 33.7 Å². The number of nitrogens with zero attached hydrogens (tertiary/aromatic N) is 1. The third kappa shape index (κ3) is 4.23. The van der Waals surface area contributed by atoms with Gasteiger partial charge in [-0.3, -0.25) is 9.59 Å². The van der Waals surface area contributed by atoms with Gasteiger partial charge in [-0.15, -0.1) is 0 Å². The lowest BCUT2D eigenvalue weighted by Gasteiger charge is -2.17. The fourth-order valence-electron chi connectivity index (χ4n) is 4.18. The van der Waals surface area contributed by atoms with E-state index in [1.54, 1.807) is 13.0 Å². The van der Waals surface area contributed by atoms with Crippen molar-refractivity contribution in [1.82, 2.24) is 0 Å². The molecule has 0 spiro atoms. The molecule has 0 atom stereocenters. The normalized spacial score (nSPS) is 12.7. The van der Waals surface area contributed by atoms with Crippen LogP contribution in [-0.2, 0) is 22.5 Å². The highest BCUT2D eigenvalue weighted by molar-refractivity contribution is 6.19. The molecule has 172 valence electrons. The summed E-state index contributed by atoms with van der Waals surface area (Å²) in [6, 6.07) is 12.0. The molecular weight excluding hydrogens is 425 g/mol. The highest BCUT2D eigenvalue weighted by Gasteiger charge is 2.35. The molecule has 1 amide bonds. The molecule has 33 heavy (non-hydrogen) atoms. The Bertz CT molecular complexity index is 1220. The Labute approximate surface area is 191 Å². The van der Waals surface area contributed by atoms with Crippen LogP contribution in [0.15, 0.2) is 42.5 Å². The van der Waals surface area contributed by atoms with Gasteiger partial charge in [-0.1, -0.05) is 18.2 Å². The number of ether oxygens (including phenoxy) is 3. The first-order valence-electron chi connectivity index (χ1n) is 11.1. The van der Waals surface area contributed by atoms with Gasteiger partial charge in [0, 0.05) is 16.6 Å². The first-order chi connectivity index (χ1) is 16.0. The molecule has 0 N–H and O–H groups in total. The van der Waals surface area contributed by atoms with Gasteiger partial charge in [0.25, 0.3) is 5.91 Å².